The number of amides is 2. The smallest absolute Gasteiger partial charge is 0.343 e. The van der Waals surface area contributed by atoms with E-state index in [0.717, 1.165) is 30.4 Å². The molecule has 4 atom stereocenters. The number of imide groups is 1. The second-order valence-electron chi connectivity index (χ2n) is 9.22. The predicted octanol–water partition coefficient (Wildman–Crippen LogP) is 5.11. The van der Waals surface area contributed by atoms with Crippen LogP contribution < -0.4 is 9.64 Å². The second kappa shape index (κ2) is 7.69. The van der Waals surface area contributed by atoms with E-state index in [4.69, 9.17) is 4.74 Å². The molecule has 1 aliphatic heterocycles. The summed E-state index contributed by atoms with van der Waals surface area (Å²) >= 11 is 0. The molecule has 2 aliphatic carbocycles. The van der Waals surface area contributed by atoms with Crippen LogP contribution in [0.15, 0.2) is 78.9 Å². The molecular formula is C28H23NO4. The average Bonchev–Trinajstić information content (AvgIpc) is 3.54. The lowest BCUT2D eigenvalue weighted by Gasteiger charge is -2.19. The molecule has 1 heterocycles. The van der Waals surface area contributed by atoms with Gasteiger partial charge < -0.3 is 4.74 Å². The number of nitrogens with zero attached hydrogens (tertiary/aromatic N) is 1. The van der Waals surface area contributed by atoms with Crippen molar-refractivity contribution in [2.75, 3.05) is 4.90 Å². The third-order valence-corrected chi connectivity index (χ3v) is 7.46. The van der Waals surface area contributed by atoms with E-state index < -0.39 is 5.97 Å². The topological polar surface area (TPSA) is 63.7 Å². The van der Waals surface area contributed by atoms with Crippen LogP contribution in [0.2, 0.25) is 0 Å². The highest BCUT2D eigenvalue weighted by atomic mass is 16.5. The average molecular weight is 437 g/mol. The van der Waals surface area contributed by atoms with Gasteiger partial charge in [-0.1, -0.05) is 42.5 Å². The molecule has 0 radical (unpaired) electrons. The second-order valence-corrected chi connectivity index (χ2v) is 9.22. The molecule has 164 valence electrons. The maximum Gasteiger partial charge on any atom is 0.343 e. The van der Waals surface area contributed by atoms with Crippen molar-refractivity contribution < 1.29 is 19.1 Å². The summed E-state index contributed by atoms with van der Waals surface area (Å²) in [5, 5.41) is 0. The molecular weight excluding hydrogens is 414 g/mol. The van der Waals surface area contributed by atoms with Gasteiger partial charge in [-0.2, -0.15) is 0 Å². The van der Waals surface area contributed by atoms with Crippen molar-refractivity contribution in [2.45, 2.75) is 19.3 Å². The fraction of sp³-hybridized carbons (Fsp3) is 0.250. The number of ether oxygens (including phenoxy) is 1. The molecule has 4 unspecified atom stereocenters. The zero-order chi connectivity index (χ0) is 22.5. The highest BCUT2D eigenvalue weighted by Crippen LogP contribution is 2.56. The van der Waals surface area contributed by atoms with Crippen LogP contribution in [-0.4, -0.2) is 17.8 Å². The molecule has 3 aliphatic rings. The van der Waals surface area contributed by atoms with Gasteiger partial charge >= 0.3 is 5.97 Å². The van der Waals surface area contributed by atoms with Crippen molar-refractivity contribution in [3.63, 3.8) is 0 Å². The SMILES string of the molecule is O=C(Oc1ccc(-c2ccccc2)cc1)c1ccc(N2C(=O)C3C4CCC(C4)C3C2=O)cc1. The Balaban J connectivity index is 1.15. The van der Waals surface area contributed by atoms with Gasteiger partial charge in [-0.25, -0.2) is 4.79 Å². The number of benzene rings is 3. The van der Waals surface area contributed by atoms with Gasteiger partial charge in [0, 0.05) is 0 Å². The van der Waals surface area contributed by atoms with Gasteiger partial charge in [0.15, 0.2) is 0 Å². The van der Waals surface area contributed by atoms with E-state index >= 15 is 0 Å². The summed E-state index contributed by atoms with van der Waals surface area (Å²) in [6.45, 7) is 0. The van der Waals surface area contributed by atoms with Crippen LogP contribution in [0.1, 0.15) is 29.6 Å². The summed E-state index contributed by atoms with van der Waals surface area (Å²) < 4.78 is 5.51. The third kappa shape index (κ3) is 3.27. The van der Waals surface area contributed by atoms with Crippen molar-refractivity contribution in [2.24, 2.45) is 23.7 Å². The third-order valence-electron chi connectivity index (χ3n) is 7.46. The van der Waals surface area contributed by atoms with E-state index in [1.54, 1.807) is 36.4 Å². The largest absolute Gasteiger partial charge is 0.423 e. The molecule has 33 heavy (non-hydrogen) atoms. The molecule has 0 aromatic heterocycles. The van der Waals surface area contributed by atoms with Gasteiger partial charge in [-0.3, -0.25) is 14.5 Å². The monoisotopic (exact) mass is 437 g/mol. The number of carbonyl (C=O) groups is 3. The number of carbonyl (C=O) groups excluding carboxylic acids is 3. The number of esters is 1. The van der Waals surface area contributed by atoms with E-state index in [0.29, 0.717) is 28.8 Å². The summed E-state index contributed by atoms with van der Waals surface area (Å²) in [6, 6.07) is 23.9. The van der Waals surface area contributed by atoms with Crippen molar-refractivity contribution in [3.05, 3.63) is 84.4 Å². The molecule has 2 bridgehead atoms. The van der Waals surface area contributed by atoms with Gasteiger partial charge in [0.2, 0.25) is 11.8 Å². The fourth-order valence-electron chi connectivity index (χ4n) is 5.92. The summed E-state index contributed by atoms with van der Waals surface area (Å²) in [5.41, 5.74) is 3.03. The Morgan fingerprint density at radius 3 is 1.91 bits per heavy atom. The summed E-state index contributed by atoms with van der Waals surface area (Å²) in [4.78, 5) is 39.9. The fourth-order valence-corrected chi connectivity index (χ4v) is 5.92. The minimum atomic E-state index is -0.483. The van der Waals surface area contributed by atoms with Gasteiger partial charge in [-0.15, -0.1) is 0 Å². The Labute approximate surface area is 192 Å². The quantitative estimate of drug-likeness (QED) is 0.323. The van der Waals surface area contributed by atoms with E-state index in [9.17, 15) is 14.4 Å². The van der Waals surface area contributed by atoms with E-state index in [1.807, 2.05) is 42.5 Å². The molecule has 5 heteroatoms. The normalized spacial score (nSPS) is 25.4. The van der Waals surface area contributed by atoms with Crippen LogP contribution in [-0.2, 0) is 9.59 Å². The molecule has 3 aromatic carbocycles. The molecule has 2 amide bonds. The zero-order valence-corrected chi connectivity index (χ0v) is 18.0. The van der Waals surface area contributed by atoms with E-state index in [2.05, 4.69) is 0 Å². The lowest BCUT2D eigenvalue weighted by Crippen LogP contribution is -2.32. The Morgan fingerprint density at radius 1 is 0.727 bits per heavy atom. The molecule has 0 spiro atoms. The number of hydrogen-bond acceptors (Lipinski definition) is 4. The molecule has 6 rings (SSSR count). The maximum absolute atomic E-state index is 13.0. The van der Waals surface area contributed by atoms with Gasteiger partial charge in [0.25, 0.3) is 0 Å². The van der Waals surface area contributed by atoms with Crippen LogP contribution >= 0.6 is 0 Å². The molecule has 3 fully saturated rings. The van der Waals surface area contributed by atoms with E-state index in [-0.39, 0.29) is 23.7 Å². The summed E-state index contributed by atoms with van der Waals surface area (Å²) in [6.07, 6.45) is 3.11. The lowest BCUT2D eigenvalue weighted by atomic mass is 9.81. The van der Waals surface area contributed by atoms with Gasteiger partial charge in [-0.05, 0) is 78.6 Å². The van der Waals surface area contributed by atoms with Crippen LogP contribution in [0.3, 0.4) is 0 Å². The molecule has 2 saturated carbocycles. The van der Waals surface area contributed by atoms with Crippen molar-refractivity contribution >= 4 is 23.5 Å². The van der Waals surface area contributed by atoms with Crippen LogP contribution in [0.5, 0.6) is 5.75 Å². The molecule has 1 saturated heterocycles. The lowest BCUT2D eigenvalue weighted by molar-refractivity contribution is -0.123. The number of anilines is 1. The van der Waals surface area contributed by atoms with Crippen molar-refractivity contribution in [1.82, 2.24) is 0 Å². The molecule has 5 nitrogen and oxygen atoms in total. The van der Waals surface area contributed by atoms with Crippen molar-refractivity contribution in [1.29, 1.82) is 0 Å². The van der Waals surface area contributed by atoms with Crippen LogP contribution in [0.4, 0.5) is 5.69 Å². The van der Waals surface area contributed by atoms with Gasteiger partial charge in [0.1, 0.15) is 5.75 Å². The minimum Gasteiger partial charge on any atom is -0.423 e. The Hall–Kier alpha value is -3.73. The Bertz CT molecular complexity index is 1210. The Morgan fingerprint density at radius 2 is 1.30 bits per heavy atom. The highest BCUT2D eigenvalue weighted by Gasteiger charge is 2.61. The maximum atomic E-state index is 13.0. The number of fused-ring (bicyclic) bond motifs is 5. The molecule has 3 aromatic rings. The summed E-state index contributed by atoms with van der Waals surface area (Å²) in [7, 11) is 0. The predicted molar refractivity (Wildman–Crippen MR) is 124 cm³/mol. The number of hydrogen-bond donors (Lipinski definition) is 0. The standard InChI is InChI=1S/C28H23NO4/c30-26-24-20-6-7-21(16-20)25(24)27(31)29(26)22-12-8-19(9-13-22)28(32)33-23-14-10-18(11-15-23)17-4-2-1-3-5-17/h1-5,8-15,20-21,24-25H,6-7,16H2. The van der Waals surface area contributed by atoms with Crippen LogP contribution in [0, 0.1) is 23.7 Å². The first-order valence-corrected chi connectivity index (χ1v) is 11.5. The minimum absolute atomic E-state index is 0.0777. The first kappa shape index (κ1) is 19.9. The van der Waals surface area contributed by atoms with E-state index in [1.165, 1.54) is 4.90 Å². The van der Waals surface area contributed by atoms with Crippen LogP contribution in [0.25, 0.3) is 11.1 Å². The first-order valence-electron chi connectivity index (χ1n) is 11.5. The highest BCUT2D eigenvalue weighted by molar-refractivity contribution is 6.22. The summed E-state index contributed by atoms with van der Waals surface area (Å²) in [5.74, 6) is 0.212. The number of rotatable bonds is 4. The molecule has 0 N–H and O–H groups in total. The first-order chi connectivity index (χ1) is 16.1. The van der Waals surface area contributed by atoms with Crippen molar-refractivity contribution in [3.8, 4) is 16.9 Å². The zero-order valence-electron chi connectivity index (χ0n) is 18.0. The Kier molecular flexibility index (Phi) is 4.64. The van der Waals surface area contributed by atoms with Gasteiger partial charge in [0.05, 0.1) is 23.1 Å².